The molecule has 0 unspecified atom stereocenters. The molecule has 0 radical (unpaired) electrons. The van der Waals surface area contributed by atoms with Gasteiger partial charge in [0.15, 0.2) is 0 Å². The van der Waals surface area contributed by atoms with E-state index in [1.807, 2.05) is 0 Å². The third kappa shape index (κ3) is 4.49. The zero-order valence-electron chi connectivity index (χ0n) is 15.5. The fourth-order valence-corrected chi connectivity index (χ4v) is 3.67. The van der Waals surface area contributed by atoms with Gasteiger partial charge in [0.1, 0.15) is 23.1 Å². The summed E-state index contributed by atoms with van der Waals surface area (Å²) in [5.74, 6) is -3.10. The highest BCUT2D eigenvalue weighted by Gasteiger charge is 2.20. The molecule has 0 heterocycles. The number of aromatic hydroxyl groups is 1. The van der Waals surface area contributed by atoms with Gasteiger partial charge in [0, 0.05) is 6.07 Å². The summed E-state index contributed by atoms with van der Waals surface area (Å²) in [6.45, 7) is 0. The van der Waals surface area contributed by atoms with Crippen LogP contribution in [0.2, 0.25) is 0 Å². The molecule has 0 saturated carbocycles. The van der Waals surface area contributed by atoms with Crippen molar-refractivity contribution < 1.29 is 31.8 Å². The van der Waals surface area contributed by atoms with Crippen LogP contribution in [0.1, 0.15) is 10.4 Å². The number of amides is 1. The Hall–Kier alpha value is -3.66. The lowest BCUT2D eigenvalue weighted by molar-refractivity contribution is 0.102. The van der Waals surface area contributed by atoms with Gasteiger partial charge in [0.25, 0.3) is 15.9 Å². The van der Waals surface area contributed by atoms with E-state index in [9.17, 15) is 27.1 Å². The number of ether oxygens (including phenoxy) is 1. The zero-order valence-corrected chi connectivity index (χ0v) is 16.3. The van der Waals surface area contributed by atoms with Gasteiger partial charge in [-0.3, -0.25) is 9.52 Å². The molecular formula is C20H16F2N2O5S. The second-order valence-corrected chi connectivity index (χ2v) is 7.75. The van der Waals surface area contributed by atoms with E-state index in [1.165, 1.54) is 13.2 Å². The highest BCUT2D eigenvalue weighted by Crippen LogP contribution is 2.30. The van der Waals surface area contributed by atoms with E-state index in [0.29, 0.717) is 11.8 Å². The van der Waals surface area contributed by atoms with Crippen LogP contribution in [0.25, 0.3) is 0 Å². The Kier molecular flexibility index (Phi) is 5.88. The predicted octanol–water partition coefficient (Wildman–Crippen LogP) is 3.73. The summed E-state index contributed by atoms with van der Waals surface area (Å²) in [7, 11) is -2.73. The number of para-hydroxylation sites is 2. The van der Waals surface area contributed by atoms with Crippen LogP contribution >= 0.6 is 0 Å². The quantitative estimate of drug-likeness (QED) is 0.513. The van der Waals surface area contributed by atoms with Gasteiger partial charge in [-0.25, -0.2) is 17.2 Å². The highest BCUT2D eigenvalue weighted by molar-refractivity contribution is 7.92. The Morgan fingerprint density at radius 3 is 2.43 bits per heavy atom. The summed E-state index contributed by atoms with van der Waals surface area (Å²) >= 11 is 0. The summed E-state index contributed by atoms with van der Waals surface area (Å²) in [4.78, 5) is 12.0. The van der Waals surface area contributed by atoms with Gasteiger partial charge in [0.05, 0.1) is 28.9 Å². The van der Waals surface area contributed by atoms with Crippen molar-refractivity contribution in [1.29, 1.82) is 0 Å². The molecule has 0 atom stereocenters. The molecule has 0 aliphatic carbocycles. The van der Waals surface area contributed by atoms with Crippen LogP contribution in [0.5, 0.6) is 11.5 Å². The molecule has 0 aliphatic rings. The molecule has 3 aromatic rings. The number of rotatable bonds is 6. The first-order valence-corrected chi connectivity index (χ1v) is 9.95. The molecule has 0 saturated heterocycles. The number of halogens is 2. The fraction of sp³-hybridized carbons (Fsp3) is 0.0500. The van der Waals surface area contributed by atoms with E-state index in [4.69, 9.17) is 4.74 Å². The van der Waals surface area contributed by atoms with Gasteiger partial charge in [-0.05, 0) is 42.5 Å². The second kappa shape index (κ2) is 8.37. The summed E-state index contributed by atoms with van der Waals surface area (Å²) in [6.07, 6.45) is 0. The minimum absolute atomic E-state index is 0.187. The van der Waals surface area contributed by atoms with Crippen LogP contribution in [-0.2, 0) is 10.0 Å². The molecule has 0 aromatic heterocycles. The van der Waals surface area contributed by atoms with Crippen molar-refractivity contribution in [2.24, 2.45) is 0 Å². The molecule has 30 heavy (non-hydrogen) atoms. The molecule has 3 rings (SSSR count). The molecular weight excluding hydrogens is 418 g/mol. The Bertz CT molecular complexity index is 1220. The van der Waals surface area contributed by atoms with Crippen molar-refractivity contribution in [1.82, 2.24) is 0 Å². The minimum Gasteiger partial charge on any atom is -0.506 e. The first kappa shape index (κ1) is 21.1. The largest absolute Gasteiger partial charge is 0.506 e. The number of benzene rings is 3. The maximum absolute atomic E-state index is 13.8. The van der Waals surface area contributed by atoms with Crippen molar-refractivity contribution in [3.63, 3.8) is 0 Å². The summed E-state index contributed by atoms with van der Waals surface area (Å²) in [5, 5.41) is 12.2. The Morgan fingerprint density at radius 2 is 1.73 bits per heavy atom. The number of sulfonamides is 1. The molecule has 3 N–H and O–H groups in total. The van der Waals surface area contributed by atoms with Crippen molar-refractivity contribution in [2.45, 2.75) is 4.90 Å². The van der Waals surface area contributed by atoms with Gasteiger partial charge in [-0.2, -0.15) is 0 Å². The topological polar surface area (TPSA) is 105 Å². The number of nitrogens with one attached hydrogen (secondary N) is 2. The predicted molar refractivity (Wildman–Crippen MR) is 106 cm³/mol. The lowest BCUT2D eigenvalue weighted by Gasteiger charge is -2.13. The molecule has 3 aromatic carbocycles. The van der Waals surface area contributed by atoms with Crippen LogP contribution in [0.15, 0.2) is 65.6 Å². The fourth-order valence-electron chi connectivity index (χ4n) is 2.58. The number of phenolic OH excluding ortho intramolecular Hbond substituents is 1. The maximum Gasteiger partial charge on any atom is 0.262 e. The van der Waals surface area contributed by atoms with E-state index >= 15 is 0 Å². The number of phenols is 1. The number of anilines is 2. The number of methoxy groups -OCH3 is 1. The molecule has 10 heteroatoms. The lowest BCUT2D eigenvalue weighted by Crippen LogP contribution is -2.16. The van der Waals surface area contributed by atoms with Gasteiger partial charge < -0.3 is 15.2 Å². The lowest BCUT2D eigenvalue weighted by atomic mass is 10.2. The number of hydrogen-bond acceptors (Lipinski definition) is 5. The molecule has 0 aliphatic heterocycles. The van der Waals surface area contributed by atoms with Gasteiger partial charge in [-0.15, -0.1) is 0 Å². The second-order valence-electron chi connectivity index (χ2n) is 6.06. The monoisotopic (exact) mass is 434 g/mol. The Labute approximate surface area is 171 Å². The van der Waals surface area contributed by atoms with Gasteiger partial charge >= 0.3 is 0 Å². The summed E-state index contributed by atoms with van der Waals surface area (Å²) < 4.78 is 59.7. The maximum atomic E-state index is 13.8. The van der Waals surface area contributed by atoms with E-state index in [0.717, 1.165) is 30.3 Å². The normalized spacial score (nSPS) is 11.0. The SMILES string of the molecule is COc1ccccc1NS(=O)(=O)c1ccc(O)c(NC(=O)c2ccc(F)cc2F)c1. The Morgan fingerprint density at radius 1 is 1.00 bits per heavy atom. The van der Waals surface area contributed by atoms with E-state index < -0.39 is 38.9 Å². The summed E-state index contributed by atoms with van der Waals surface area (Å²) in [6, 6.07) is 11.9. The molecule has 0 fully saturated rings. The van der Waals surface area contributed by atoms with Gasteiger partial charge in [0.2, 0.25) is 0 Å². The van der Waals surface area contributed by atoms with Crippen LogP contribution in [0, 0.1) is 11.6 Å². The molecule has 156 valence electrons. The number of carbonyl (C=O) groups excluding carboxylic acids is 1. The molecule has 7 nitrogen and oxygen atoms in total. The third-order valence-electron chi connectivity index (χ3n) is 4.05. The van der Waals surface area contributed by atoms with E-state index in [1.54, 1.807) is 18.2 Å². The van der Waals surface area contributed by atoms with Gasteiger partial charge in [-0.1, -0.05) is 12.1 Å². The van der Waals surface area contributed by atoms with Crippen LogP contribution < -0.4 is 14.8 Å². The van der Waals surface area contributed by atoms with E-state index in [-0.39, 0.29) is 16.3 Å². The average Bonchev–Trinajstić information content (AvgIpc) is 2.69. The van der Waals surface area contributed by atoms with Crippen LogP contribution in [0.3, 0.4) is 0 Å². The molecule has 1 amide bonds. The first-order valence-electron chi connectivity index (χ1n) is 8.46. The van der Waals surface area contributed by atoms with E-state index in [2.05, 4.69) is 10.0 Å². The number of hydrogen-bond donors (Lipinski definition) is 3. The van der Waals surface area contributed by atoms with Crippen LogP contribution in [0.4, 0.5) is 20.2 Å². The van der Waals surface area contributed by atoms with Crippen molar-refractivity contribution >= 4 is 27.3 Å². The third-order valence-corrected chi connectivity index (χ3v) is 5.42. The van der Waals surface area contributed by atoms with Crippen molar-refractivity contribution in [3.8, 4) is 11.5 Å². The first-order chi connectivity index (χ1) is 14.2. The molecule has 0 bridgehead atoms. The smallest absolute Gasteiger partial charge is 0.262 e. The average molecular weight is 434 g/mol. The van der Waals surface area contributed by atoms with Crippen molar-refractivity contribution in [3.05, 3.63) is 77.9 Å². The van der Waals surface area contributed by atoms with Crippen molar-refractivity contribution in [2.75, 3.05) is 17.1 Å². The zero-order chi connectivity index (χ0) is 21.9. The molecule has 0 spiro atoms. The standard InChI is InChI=1S/C20H16F2N2O5S/c1-29-19-5-3-2-4-16(19)24-30(27,28)13-7-9-18(25)17(11-13)23-20(26)14-8-6-12(21)10-15(14)22/h2-11,24-25H,1H3,(H,23,26). The Balaban J connectivity index is 1.90. The van der Waals surface area contributed by atoms with Crippen LogP contribution in [-0.4, -0.2) is 26.5 Å². The number of carbonyl (C=O) groups is 1. The summed E-state index contributed by atoms with van der Waals surface area (Å²) in [5.41, 5.74) is -0.560. The highest BCUT2D eigenvalue weighted by atomic mass is 32.2. The minimum atomic E-state index is -4.12.